The molecule has 1 N–H and O–H groups in total. The maximum absolute atomic E-state index is 12.9. The van der Waals surface area contributed by atoms with Gasteiger partial charge in [0.1, 0.15) is 6.04 Å². The van der Waals surface area contributed by atoms with Crippen LogP contribution in [0.25, 0.3) is 0 Å². The predicted octanol–water partition coefficient (Wildman–Crippen LogP) is 1.97. The number of piperidine rings is 1. The highest BCUT2D eigenvalue weighted by Crippen LogP contribution is 2.21. The van der Waals surface area contributed by atoms with Crippen LogP contribution in [0, 0.1) is 17.3 Å². The number of carbonyl (C=O) groups is 3. The predicted molar refractivity (Wildman–Crippen MR) is 92.2 cm³/mol. The maximum atomic E-state index is 12.9. The van der Waals surface area contributed by atoms with Crippen molar-refractivity contribution in [2.75, 3.05) is 19.7 Å². The molecule has 2 amide bonds. The molecular formula is C18H32N2O4. The third kappa shape index (κ3) is 5.49. The van der Waals surface area contributed by atoms with E-state index in [4.69, 9.17) is 4.74 Å². The lowest BCUT2D eigenvalue weighted by atomic mass is 9.92. The highest BCUT2D eigenvalue weighted by molar-refractivity contribution is 5.90. The lowest BCUT2D eigenvalue weighted by Gasteiger charge is -2.36. The van der Waals surface area contributed by atoms with E-state index in [9.17, 15) is 14.4 Å². The highest BCUT2D eigenvalue weighted by Gasteiger charge is 2.35. The van der Waals surface area contributed by atoms with Crippen LogP contribution < -0.4 is 5.32 Å². The summed E-state index contributed by atoms with van der Waals surface area (Å²) >= 11 is 0. The molecule has 0 aromatic carbocycles. The first-order chi connectivity index (χ1) is 11.1. The van der Waals surface area contributed by atoms with E-state index in [1.54, 1.807) is 11.8 Å². The molecule has 138 valence electrons. The third-order valence-corrected chi connectivity index (χ3v) is 4.25. The van der Waals surface area contributed by atoms with Gasteiger partial charge in [-0.2, -0.15) is 0 Å². The van der Waals surface area contributed by atoms with Crippen molar-refractivity contribution in [2.45, 2.75) is 60.4 Å². The van der Waals surface area contributed by atoms with Gasteiger partial charge >= 0.3 is 5.97 Å². The molecule has 2 atom stereocenters. The number of nitrogens with one attached hydrogen (secondary N) is 1. The number of amides is 2. The monoisotopic (exact) mass is 340 g/mol. The van der Waals surface area contributed by atoms with Gasteiger partial charge in [0.25, 0.3) is 0 Å². The van der Waals surface area contributed by atoms with E-state index < -0.39 is 11.5 Å². The van der Waals surface area contributed by atoms with E-state index in [0.717, 1.165) is 12.8 Å². The highest BCUT2D eigenvalue weighted by atomic mass is 16.5. The molecule has 0 saturated carbocycles. The zero-order valence-corrected chi connectivity index (χ0v) is 15.8. The summed E-state index contributed by atoms with van der Waals surface area (Å²) in [5.74, 6) is -0.791. The van der Waals surface area contributed by atoms with Crippen molar-refractivity contribution in [3.8, 4) is 0 Å². The Labute approximate surface area is 145 Å². The lowest BCUT2D eigenvalue weighted by Crippen LogP contribution is -2.55. The molecule has 0 spiro atoms. The molecule has 2 unspecified atom stereocenters. The second-order valence-corrected chi connectivity index (χ2v) is 7.82. The fraction of sp³-hybridized carbons (Fsp3) is 0.833. The lowest BCUT2D eigenvalue weighted by molar-refractivity contribution is -0.152. The van der Waals surface area contributed by atoms with Crippen molar-refractivity contribution in [1.29, 1.82) is 0 Å². The van der Waals surface area contributed by atoms with Crippen molar-refractivity contribution in [3.63, 3.8) is 0 Å². The minimum Gasteiger partial charge on any atom is -0.466 e. The molecule has 1 saturated heterocycles. The third-order valence-electron chi connectivity index (χ3n) is 4.25. The number of carbonyl (C=O) groups excluding carboxylic acids is 3. The fourth-order valence-corrected chi connectivity index (χ4v) is 2.70. The second-order valence-electron chi connectivity index (χ2n) is 7.82. The van der Waals surface area contributed by atoms with Gasteiger partial charge in [-0.15, -0.1) is 0 Å². The number of ether oxygens (including phenoxy) is 1. The van der Waals surface area contributed by atoms with Gasteiger partial charge in [0.15, 0.2) is 0 Å². The number of nitrogens with zero attached hydrogens (tertiary/aromatic N) is 1. The molecule has 0 bridgehead atoms. The smallest absolute Gasteiger partial charge is 0.310 e. The molecule has 6 nitrogen and oxygen atoms in total. The summed E-state index contributed by atoms with van der Waals surface area (Å²) in [6.45, 7) is 12.4. The van der Waals surface area contributed by atoms with E-state index in [1.165, 1.54) is 0 Å². The number of hydrogen-bond acceptors (Lipinski definition) is 4. The first-order valence-corrected chi connectivity index (χ1v) is 8.84. The Kier molecular flexibility index (Phi) is 7.24. The first-order valence-electron chi connectivity index (χ1n) is 8.84. The summed E-state index contributed by atoms with van der Waals surface area (Å²) in [4.78, 5) is 38.8. The van der Waals surface area contributed by atoms with Crippen LogP contribution in [0.1, 0.15) is 54.4 Å². The van der Waals surface area contributed by atoms with Crippen LogP contribution in [0.15, 0.2) is 0 Å². The molecule has 0 aromatic heterocycles. The molecule has 1 rings (SSSR count). The number of likely N-dealkylation sites (tertiary alicyclic amines) is 1. The van der Waals surface area contributed by atoms with Crippen LogP contribution in [-0.4, -0.2) is 48.4 Å². The van der Waals surface area contributed by atoms with Gasteiger partial charge in [-0.25, -0.2) is 0 Å². The van der Waals surface area contributed by atoms with E-state index >= 15 is 0 Å². The zero-order chi connectivity index (χ0) is 18.5. The average Bonchev–Trinajstić information content (AvgIpc) is 2.50. The van der Waals surface area contributed by atoms with Crippen LogP contribution in [-0.2, 0) is 19.1 Å². The van der Waals surface area contributed by atoms with Gasteiger partial charge in [0, 0.05) is 18.5 Å². The largest absolute Gasteiger partial charge is 0.466 e. The van der Waals surface area contributed by atoms with Crippen molar-refractivity contribution in [3.05, 3.63) is 0 Å². The Hall–Kier alpha value is -1.59. The van der Waals surface area contributed by atoms with Gasteiger partial charge in [0.2, 0.25) is 11.8 Å². The van der Waals surface area contributed by atoms with Gasteiger partial charge in [-0.3, -0.25) is 14.4 Å². The average molecular weight is 340 g/mol. The van der Waals surface area contributed by atoms with E-state index in [-0.39, 0.29) is 29.6 Å². The summed E-state index contributed by atoms with van der Waals surface area (Å²) in [7, 11) is 0. The summed E-state index contributed by atoms with van der Waals surface area (Å²) < 4.78 is 5.08. The SMILES string of the molecule is CCOC(=O)C1CCCN(C(=O)C(NC(=O)C(C)(C)C)C(C)C)C1. The van der Waals surface area contributed by atoms with Gasteiger partial charge in [-0.05, 0) is 25.7 Å². The molecule has 1 fully saturated rings. The minimum atomic E-state index is -0.572. The molecule has 0 aromatic rings. The second kappa shape index (κ2) is 8.49. The Morgan fingerprint density at radius 1 is 1.25 bits per heavy atom. The summed E-state index contributed by atoms with van der Waals surface area (Å²) in [6.07, 6.45) is 1.51. The standard InChI is InChI=1S/C18H32N2O4/c1-7-24-16(22)13-9-8-10-20(11-13)15(21)14(12(2)3)19-17(23)18(4,5)6/h12-14H,7-11H2,1-6H3,(H,19,23). The molecule has 1 heterocycles. The maximum Gasteiger partial charge on any atom is 0.310 e. The summed E-state index contributed by atoms with van der Waals surface area (Å²) in [5.41, 5.74) is -0.553. The van der Waals surface area contributed by atoms with Gasteiger partial charge in [-0.1, -0.05) is 34.6 Å². The van der Waals surface area contributed by atoms with E-state index in [1.807, 2.05) is 34.6 Å². The van der Waals surface area contributed by atoms with Crippen molar-refractivity contribution >= 4 is 17.8 Å². The fourth-order valence-electron chi connectivity index (χ4n) is 2.70. The zero-order valence-electron chi connectivity index (χ0n) is 15.8. The van der Waals surface area contributed by atoms with Crippen molar-refractivity contribution < 1.29 is 19.1 Å². The van der Waals surface area contributed by atoms with Crippen LogP contribution in [0.2, 0.25) is 0 Å². The topological polar surface area (TPSA) is 75.7 Å². The molecular weight excluding hydrogens is 308 g/mol. The first kappa shape index (κ1) is 20.5. The van der Waals surface area contributed by atoms with Gasteiger partial charge < -0.3 is 15.0 Å². The Balaban J connectivity index is 2.79. The summed E-state index contributed by atoms with van der Waals surface area (Å²) in [6, 6.07) is -0.572. The van der Waals surface area contributed by atoms with Crippen LogP contribution in [0.3, 0.4) is 0 Å². The molecule has 0 radical (unpaired) electrons. The van der Waals surface area contributed by atoms with Crippen LogP contribution in [0.4, 0.5) is 0 Å². The Morgan fingerprint density at radius 2 is 1.88 bits per heavy atom. The molecule has 24 heavy (non-hydrogen) atoms. The molecule has 1 aliphatic rings. The van der Waals surface area contributed by atoms with Crippen molar-refractivity contribution in [2.24, 2.45) is 17.3 Å². The Bertz CT molecular complexity index is 468. The van der Waals surface area contributed by atoms with Crippen LogP contribution >= 0.6 is 0 Å². The normalized spacial score (nSPS) is 19.8. The molecule has 0 aliphatic carbocycles. The van der Waals surface area contributed by atoms with E-state index in [0.29, 0.717) is 19.7 Å². The molecule has 1 aliphatic heterocycles. The number of rotatable bonds is 5. The number of esters is 1. The van der Waals surface area contributed by atoms with Crippen LogP contribution in [0.5, 0.6) is 0 Å². The quantitative estimate of drug-likeness (QED) is 0.777. The van der Waals surface area contributed by atoms with E-state index in [2.05, 4.69) is 5.32 Å². The minimum absolute atomic E-state index is 0.0215. The van der Waals surface area contributed by atoms with Gasteiger partial charge in [0.05, 0.1) is 12.5 Å². The van der Waals surface area contributed by atoms with Crippen molar-refractivity contribution in [1.82, 2.24) is 10.2 Å². The summed E-state index contributed by atoms with van der Waals surface area (Å²) in [5, 5.41) is 2.88. The Morgan fingerprint density at radius 3 is 2.38 bits per heavy atom. The molecule has 6 heteroatoms. The number of hydrogen-bond donors (Lipinski definition) is 1.